The van der Waals surface area contributed by atoms with Gasteiger partial charge in [-0.2, -0.15) is 0 Å². The van der Waals surface area contributed by atoms with Gasteiger partial charge in [-0.05, 0) is 55.2 Å². The minimum atomic E-state index is -3.72. The molecule has 0 saturated heterocycles. The monoisotopic (exact) mass is 562 g/mol. The summed E-state index contributed by atoms with van der Waals surface area (Å²) >= 11 is 0. The highest BCUT2D eigenvalue weighted by Gasteiger charge is 2.08. The molecule has 2 aromatic carbocycles. The maximum Gasteiger partial charge on any atom is 0.238 e. The fourth-order valence-electron chi connectivity index (χ4n) is 2.88. The van der Waals surface area contributed by atoms with Gasteiger partial charge in [-0.1, -0.05) is 18.2 Å². The molecular formula is C21H31IN4O4S. The van der Waals surface area contributed by atoms with Crippen molar-refractivity contribution in [3.63, 3.8) is 0 Å². The number of aliphatic imine (C=N–C) groups is 1. The maximum absolute atomic E-state index is 11.5. The van der Waals surface area contributed by atoms with Crippen LogP contribution in [0.25, 0.3) is 0 Å². The van der Waals surface area contributed by atoms with E-state index in [4.69, 9.17) is 14.6 Å². The number of sulfonamides is 1. The van der Waals surface area contributed by atoms with Crippen LogP contribution in [0.15, 0.2) is 52.4 Å². The van der Waals surface area contributed by atoms with Crippen LogP contribution in [0.5, 0.6) is 11.5 Å². The molecular weight excluding hydrogens is 531 g/mol. The molecule has 0 saturated carbocycles. The zero-order valence-corrected chi connectivity index (χ0v) is 21.2. The topological polar surface area (TPSA) is 115 Å². The predicted molar refractivity (Wildman–Crippen MR) is 134 cm³/mol. The summed E-state index contributed by atoms with van der Waals surface area (Å²) in [6.07, 6.45) is 1.78. The van der Waals surface area contributed by atoms with Crippen molar-refractivity contribution in [3.8, 4) is 11.5 Å². The molecule has 0 bridgehead atoms. The maximum atomic E-state index is 11.5. The lowest BCUT2D eigenvalue weighted by Gasteiger charge is -2.13. The first-order valence-electron chi connectivity index (χ1n) is 9.73. The summed E-state index contributed by atoms with van der Waals surface area (Å²) in [5.41, 5.74) is 1.97. The number of methoxy groups -OCH3 is 1. The Bertz CT molecular complexity index is 968. The van der Waals surface area contributed by atoms with Crippen molar-refractivity contribution in [1.82, 2.24) is 10.6 Å². The molecule has 0 atom stereocenters. The van der Waals surface area contributed by atoms with E-state index in [-0.39, 0.29) is 28.9 Å². The third-order valence-corrected chi connectivity index (χ3v) is 5.28. The van der Waals surface area contributed by atoms with E-state index in [1.165, 1.54) is 11.6 Å². The lowest BCUT2D eigenvalue weighted by Crippen LogP contribution is -2.37. The Labute approximate surface area is 201 Å². The van der Waals surface area contributed by atoms with E-state index in [1.807, 2.05) is 31.2 Å². The molecule has 2 aromatic rings. The van der Waals surface area contributed by atoms with Crippen molar-refractivity contribution >= 4 is 40.0 Å². The van der Waals surface area contributed by atoms with E-state index >= 15 is 0 Å². The first kappa shape index (κ1) is 27.0. The van der Waals surface area contributed by atoms with Gasteiger partial charge >= 0.3 is 0 Å². The van der Waals surface area contributed by atoms with Crippen LogP contribution >= 0.6 is 24.0 Å². The van der Waals surface area contributed by atoms with Crippen LogP contribution in [0, 0.1) is 0 Å². The molecule has 0 spiro atoms. The zero-order chi connectivity index (χ0) is 22.0. The SMILES string of the molecule is CCOc1cc(CCCNC(=NC)NCc2cccc(S(N)(=O)=O)c2)ccc1OC.I. The van der Waals surface area contributed by atoms with Crippen molar-refractivity contribution in [2.24, 2.45) is 10.1 Å². The fraction of sp³-hybridized carbons (Fsp3) is 0.381. The number of benzene rings is 2. The van der Waals surface area contributed by atoms with Gasteiger partial charge < -0.3 is 20.1 Å². The molecule has 0 aliphatic heterocycles. The quantitative estimate of drug-likeness (QED) is 0.178. The van der Waals surface area contributed by atoms with Gasteiger partial charge in [0.15, 0.2) is 17.5 Å². The Hall–Kier alpha value is -2.05. The van der Waals surface area contributed by atoms with E-state index in [1.54, 1.807) is 26.3 Å². The Kier molecular flexibility index (Phi) is 11.6. The average molecular weight is 562 g/mol. The lowest BCUT2D eigenvalue weighted by molar-refractivity contribution is 0.310. The van der Waals surface area contributed by atoms with Gasteiger partial charge in [0.05, 0.1) is 18.6 Å². The third kappa shape index (κ3) is 8.91. The number of nitrogens with two attached hydrogens (primary N) is 1. The Morgan fingerprint density at radius 1 is 1.10 bits per heavy atom. The Balaban J connectivity index is 0.00000480. The van der Waals surface area contributed by atoms with Gasteiger partial charge in [0.2, 0.25) is 10.0 Å². The second-order valence-electron chi connectivity index (χ2n) is 6.57. The lowest BCUT2D eigenvalue weighted by atomic mass is 10.1. The number of rotatable bonds is 10. The highest BCUT2D eigenvalue weighted by atomic mass is 127. The number of nitrogens with zero attached hydrogens (tertiary/aromatic N) is 1. The van der Waals surface area contributed by atoms with Crippen LogP contribution in [-0.4, -0.2) is 41.7 Å². The van der Waals surface area contributed by atoms with Gasteiger partial charge in [-0.25, -0.2) is 13.6 Å². The number of aryl methyl sites for hydroxylation is 1. The number of hydrogen-bond acceptors (Lipinski definition) is 5. The van der Waals surface area contributed by atoms with Gasteiger partial charge in [-0.15, -0.1) is 24.0 Å². The van der Waals surface area contributed by atoms with Gasteiger partial charge in [0, 0.05) is 20.1 Å². The van der Waals surface area contributed by atoms with Crippen LogP contribution in [-0.2, 0) is 23.0 Å². The molecule has 0 aliphatic rings. The first-order chi connectivity index (χ1) is 14.4. The van der Waals surface area contributed by atoms with Crippen molar-refractivity contribution < 1.29 is 17.9 Å². The largest absolute Gasteiger partial charge is 0.493 e. The highest BCUT2D eigenvalue weighted by molar-refractivity contribution is 14.0. The third-order valence-electron chi connectivity index (χ3n) is 4.37. The Morgan fingerprint density at radius 3 is 2.52 bits per heavy atom. The fourth-order valence-corrected chi connectivity index (χ4v) is 3.47. The number of halogens is 1. The molecule has 8 nitrogen and oxygen atoms in total. The predicted octanol–water partition coefficient (Wildman–Crippen LogP) is 2.66. The summed E-state index contributed by atoms with van der Waals surface area (Å²) in [5, 5.41) is 11.6. The minimum Gasteiger partial charge on any atom is -0.493 e. The molecule has 10 heteroatoms. The van der Waals surface area contributed by atoms with Crippen LogP contribution in [0.1, 0.15) is 24.5 Å². The van der Waals surface area contributed by atoms with E-state index in [0.29, 0.717) is 19.1 Å². The van der Waals surface area contributed by atoms with Crippen LogP contribution in [0.3, 0.4) is 0 Å². The van der Waals surface area contributed by atoms with Gasteiger partial charge in [0.1, 0.15) is 0 Å². The number of ether oxygens (including phenoxy) is 2. The summed E-state index contributed by atoms with van der Waals surface area (Å²) in [6, 6.07) is 12.5. The highest BCUT2D eigenvalue weighted by Crippen LogP contribution is 2.28. The molecule has 0 radical (unpaired) electrons. The standard InChI is InChI=1S/C21H30N4O4S.HI/c1-4-29-20-14-16(10-11-19(20)28-3)8-6-12-24-21(23-2)25-15-17-7-5-9-18(13-17)30(22,26)27;/h5,7,9-11,13-14H,4,6,8,12,15H2,1-3H3,(H2,22,26,27)(H2,23,24,25);1H. The number of guanidine groups is 1. The van der Waals surface area contributed by atoms with E-state index in [2.05, 4.69) is 15.6 Å². The molecule has 31 heavy (non-hydrogen) atoms. The van der Waals surface area contributed by atoms with Crippen LogP contribution < -0.4 is 25.2 Å². The number of hydrogen-bond donors (Lipinski definition) is 3. The smallest absolute Gasteiger partial charge is 0.238 e. The molecule has 0 aliphatic carbocycles. The van der Waals surface area contributed by atoms with Crippen molar-refractivity contribution in [1.29, 1.82) is 0 Å². The average Bonchev–Trinajstić information content (AvgIpc) is 2.73. The molecule has 0 fully saturated rings. The van der Waals surface area contributed by atoms with Crippen molar-refractivity contribution in [3.05, 3.63) is 53.6 Å². The molecule has 2 rings (SSSR count). The zero-order valence-electron chi connectivity index (χ0n) is 18.1. The van der Waals surface area contributed by atoms with Gasteiger partial charge in [-0.3, -0.25) is 4.99 Å². The van der Waals surface area contributed by atoms with Crippen molar-refractivity contribution in [2.45, 2.75) is 31.2 Å². The van der Waals surface area contributed by atoms with Crippen LogP contribution in [0.4, 0.5) is 0 Å². The molecule has 172 valence electrons. The molecule has 0 amide bonds. The number of nitrogens with one attached hydrogen (secondary N) is 2. The normalized spacial score (nSPS) is 11.4. The summed E-state index contributed by atoms with van der Waals surface area (Å²) in [5.74, 6) is 2.13. The number of primary sulfonamides is 1. The van der Waals surface area contributed by atoms with Gasteiger partial charge in [0.25, 0.3) is 0 Å². The molecule has 0 unspecified atom stereocenters. The summed E-state index contributed by atoms with van der Waals surface area (Å²) in [6.45, 7) is 3.69. The summed E-state index contributed by atoms with van der Waals surface area (Å²) < 4.78 is 33.9. The summed E-state index contributed by atoms with van der Waals surface area (Å²) in [7, 11) is -0.397. The van der Waals surface area contributed by atoms with Crippen molar-refractivity contribution in [2.75, 3.05) is 27.3 Å². The molecule has 4 N–H and O–H groups in total. The van der Waals surface area contributed by atoms with E-state index in [0.717, 1.165) is 36.4 Å². The van der Waals surface area contributed by atoms with E-state index in [9.17, 15) is 8.42 Å². The second kappa shape index (κ2) is 13.4. The van der Waals surface area contributed by atoms with Crippen LogP contribution in [0.2, 0.25) is 0 Å². The minimum absolute atomic E-state index is 0. The molecule has 0 heterocycles. The summed E-state index contributed by atoms with van der Waals surface area (Å²) in [4.78, 5) is 4.29. The second-order valence-corrected chi connectivity index (χ2v) is 8.13. The van der Waals surface area contributed by atoms with E-state index < -0.39 is 10.0 Å². The first-order valence-corrected chi connectivity index (χ1v) is 11.3. The molecule has 0 aromatic heterocycles. The Morgan fingerprint density at radius 2 is 1.87 bits per heavy atom.